The van der Waals surface area contributed by atoms with Crippen molar-refractivity contribution < 1.29 is 4.52 Å². The van der Waals surface area contributed by atoms with Crippen LogP contribution in [-0.4, -0.2) is 65.8 Å². The summed E-state index contributed by atoms with van der Waals surface area (Å²) in [5.41, 5.74) is 0. The summed E-state index contributed by atoms with van der Waals surface area (Å²) in [6.07, 6.45) is 0.803. The van der Waals surface area contributed by atoms with Crippen LogP contribution in [0.1, 0.15) is 31.6 Å². The Morgan fingerprint density at radius 1 is 1.30 bits per heavy atom. The van der Waals surface area contributed by atoms with Gasteiger partial charge >= 0.3 is 0 Å². The molecule has 0 saturated carbocycles. The molecule has 112 valence electrons. The number of nitrogens with zero attached hydrogens (tertiary/aromatic N) is 4. The third-order valence-electron chi connectivity index (χ3n) is 4.63. The molecule has 1 aromatic rings. The van der Waals surface area contributed by atoms with Crippen molar-refractivity contribution in [1.29, 1.82) is 0 Å². The zero-order chi connectivity index (χ0) is 14.1. The summed E-state index contributed by atoms with van der Waals surface area (Å²) >= 11 is 0. The molecular weight excluding hydrogens is 254 g/mol. The van der Waals surface area contributed by atoms with E-state index in [1.165, 1.54) is 13.1 Å². The third kappa shape index (κ3) is 2.73. The first-order valence-corrected chi connectivity index (χ1v) is 7.63. The predicted molar refractivity (Wildman–Crippen MR) is 76.4 cm³/mol. The Labute approximate surface area is 120 Å². The summed E-state index contributed by atoms with van der Waals surface area (Å²) in [5.74, 6) is 2.17. The van der Waals surface area contributed by atoms with Crippen LogP contribution >= 0.6 is 0 Å². The fraction of sp³-hybridized carbons (Fsp3) is 0.857. The standard InChI is InChI=1S/C14H25N5O/c1-10(2)11(15-3)8-13-16-14(17-20-13)12-9-18-4-6-19(12)7-5-18/h10-12,15H,4-9H2,1-3H3. The van der Waals surface area contributed by atoms with Gasteiger partial charge in [-0.15, -0.1) is 0 Å². The topological polar surface area (TPSA) is 57.4 Å². The first-order valence-electron chi connectivity index (χ1n) is 7.63. The number of aromatic nitrogens is 2. The van der Waals surface area contributed by atoms with Gasteiger partial charge in [-0.05, 0) is 13.0 Å². The van der Waals surface area contributed by atoms with E-state index < -0.39 is 0 Å². The van der Waals surface area contributed by atoms with E-state index in [2.05, 4.69) is 39.1 Å². The largest absolute Gasteiger partial charge is 0.339 e. The highest BCUT2D eigenvalue weighted by molar-refractivity contribution is 5.02. The smallest absolute Gasteiger partial charge is 0.228 e. The van der Waals surface area contributed by atoms with Crippen LogP contribution in [0.25, 0.3) is 0 Å². The monoisotopic (exact) mass is 279 g/mol. The summed E-state index contributed by atoms with van der Waals surface area (Å²) in [6, 6.07) is 0.706. The zero-order valence-electron chi connectivity index (χ0n) is 12.7. The van der Waals surface area contributed by atoms with Crippen molar-refractivity contribution in [2.45, 2.75) is 32.4 Å². The van der Waals surface area contributed by atoms with Crippen LogP contribution in [0.4, 0.5) is 0 Å². The maximum Gasteiger partial charge on any atom is 0.228 e. The van der Waals surface area contributed by atoms with Crippen molar-refractivity contribution in [2.75, 3.05) is 39.8 Å². The molecule has 6 nitrogen and oxygen atoms in total. The van der Waals surface area contributed by atoms with Gasteiger partial charge in [0.2, 0.25) is 5.89 Å². The minimum Gasteiger partial charge on any atom is -0.339 e. The lowest BCUT2D eigenvalue weighted by molar-refractivity contribution is 0.00781. The number of likely N-dealkylation sites (N-methyl/N-ethyl adjacent to an activating group) is 1. The average molecular weight is 279 g/mol. The minimum atomic E-state index is 0.321. The van der Waals surface area contributed by atoms with Crippen LogP contribution in [0.15, 0.2) is 4.52 Å². The van der Waals surface area contributed by atoms with E-state index in [1.807, 2.05) is 7.05 Å². The maximum atomic E-state index is 5.46. The molecule has 3 aliphatic heterocycles. The van der Waals surface area contributed by atoms with Crippen LogP contribution in [0, 0.1) is 5.92 Å². The highest BCUT2D eigenvalue weighted by atomic mass is 16.5. The van der Waals surface area contributed by atoms with Gasteiger partial charge in [-0.3, -0.25) is 9.80 Å². The number of fused-ring (bicyclic) bond motifs is 3. The predicted octanol–water partition coefficient (Wildman–Crippen LogP) is 0.528. The molecule has 2 unspecified atom stereocenters. The molecule has 4 heterocycles. The number of nitrogens with one attached hydrogen (secondary N) is 1. The summed E-state index contributed by atoms with van der Waals surface area (Å²) < 4.78 is 5.46. The van der Waals surface area contributed by atoms with E-state index >= 15 is 0 Å². The molecule has 3 fully saturated rings. The van der Waals surface area contributed by atoms with E-state index in [-0.39, 0.29) is 0 Å². The summed E-state index contributed by atoms with van der Waals surface area (Å²) in [6.45, 7) is 10.1. The van der Waals surface area contributed by atoms with Gasteiger partial charge in [0.1, 0.15) is 0 Å². The Morgan fingerprint density at radius 3 is 2.60 bits per heavy atom. The highest BCUT2D eigenvalue weighted by Crippen LogP contribution is 2.27. The van der Waals surface area contributed by atoms with Crippen LogP contribution in [0.2, 0.25) is 0 Å². The SMILES string of the molecule is CNC(Cc1nc(C2CN3CCN2CC3)no1)C(C)C. The molecule has 6 heteroatoms. The van der Waals surface area contributed by atoms with Gasteiger partial charge in [-0.25, -0.2) is 0 Å². The Morgan fingerprint density at radius 2 is 2.05 bits per heavy atom. The molecule has 3 saturated heterocycles. The number of rotatable bonds is 5. The Balaban J connectivity index is 1.67. The maximum absolute atomic E-state index is 5.46. The Hall–Kier alpha value is -0.980. The lowest BCUT2D eigenvalue weighted by Crippen LogP contribution is -2.57. The van der Waals surface area contributed by atoms with Crippen LogP contribution in [-0.2, 0) is 6.42 Å². The van der Waals surface area contributed by atoms with E-state index in [9.17, 15) is 0 Å². The number of hydrogen-bond acceptors (Lipinski definition) is 6. The normalized spacial score (nSPS) is 30.9. The summed E-state index contributed by atoms with van der Waals surface area (Å²) in [5, 5.41) is 7.54. The second-order valence-electron chi connectivity index (χ2n) is 6.24. The highest BCUT2D eigenvalue weighted by Gasteiger charge is 2.35. The Bertz CT molecular complexity index is 439. The molecule has 2 bridgehead atoms. The quantitative estimate of drug-likeness (QED) is 0.848. The molecule has 0 aromatic carbocycles. The van der Waals surface area contributed by atoms with Crippen molar-refractivity contribution in [3.05, 3.63) is 11.7 Å². The molecule has 20 heavy (non-hydrogen) atoms. The van der Waals surface area contributed by atoms with Gasteiger partial charge in [0.05, 0.1) is 6.04 Å². The second-order valence-corrected chi connectivity index (χ2v) is 6.24. The molecule has 0 spiro atoms. The summed E-state index contributed by atoms with van der Waals surface area (Å²) in [7, 11) is 1.99. The van der Waals surface area contributed by atoms with Crippen molar-refractivity contribution >= 4 is 0 Å². The van der Waals surface area contributed by atoms with Gasteiger partial charge in [0, 0.05) is 45.2 Å². The van der Waals surface area contributed by atoms with Crippen LogP contribution < -0.4 is 5.32 Å². The summed E-state index contributed by atoms with van der Waals surface area (Å²) in [4.78, 5) is 9.61. The molecule has 3 aliphatic rings. The molecule has 2 atom stereocenters. The molecule has 0 radical (unpaired) electrons. The molecular formula is C14H25N5O. The minimum absolute atomic E-state index is 0.321. The lowest BCUT2D eigenvalue weighted by atomic mass is 10.0. The van der Waals surface area contributed by atoms with Gasteiger partial charge < -0.3 is 9.84 Å². The molecule has 0 amide bonds. The van der Waals surface area contributed by atoms with Gasteiger partial charge in [-0.1, -0.05) is 19.0 Å². The number of hydrogen-bond donors (Lipinski definition) is 1. The molecule has 0 aliphatic carbocycles. The van der Waals surface area contributed by atoms with Crippen LogP contribution in [0.3, 0.4) is 0 Å². The van der Waals surface area contributed by atoms with E-state index in [1.54, 1.807) is 0 Å². The van der Waals surface area contributed by atoms with Crippen molar-refractivity contribution in [1.82, 2.24) is 25.3 Å². The number of piperazine rings is 3. The first-order chi connectivity index (χ1) is 9.67. The Kier molecular flexibility index (Phi) is 4.05. The van der Waals surface area contributed by atoms with Gasteiger partial charge in [0.15, 0.2) is 5.82 Å². The molecule has 1 aromatic heterocycles. The van der Waals surface area contributed by atoms with Crippen molar-refractivity contribution in [2.24, 2.45) is 5.92 Å². The lowest BCUT2D eigenvalue weighted by Gasteiger charge is -2.46. The molecule has 1 N–H and O–H groups in total. The van der Waals surface area contributed by atoms with E-state index in [0.29, 0.717) is 18.0 Å². The average Bonchev–Trinajstić information content (AvgIpc) is 2.94. The third-order valence-corrected chi connectivity index (χ3v) is 4.63. The fourth-order valence-corrected chi connectivity index (χ4v) is 3.21. The van der Waals surface area contributed by atoms with E-state index in [0.717, 1.165) is 37.8 Å². The zero-order valence-corrected chi connectivity index (χ0v) is 12.7. The van der Waals surface area contributed by atoms with Gasteiger partial charge in [-0.2, -0.15) is 4.98 Å². The second kappa shape index (κ2) is 5.79. The van der Waals surface area contributed by atoms with E-state index in [4.69, 9.17) is 4.52 Å². The van der Waals surface area contributed by atoms with Crippen molar-refractivity contribution in [3.63, 3.8) is 0 Å². The first kappa shape index (κ1) is 14.0. The fourth-order valence-electron chi connectivity index (χ4n) is 3.21. The van der Waals surface area contributed by atoms with Gasteiger partial charge in [0.25, 0.3) is 0 Å². The molecule has 4 rings (SSSR count). The van der Waals surface area contributed by atoms with Crippen molar-refractivity contribution in [3.8, 4) is 0 Å². The van der Waals surface area contributed by atoms with Crippen LogP contribution in [0.5, 0.6) is 0 Å².